The van der Waals surface area contributed by atoms with Crippen LogP contribution in [0.5, 0.6) is 0 Å². The molecule has 0 aliphatic carbocycles. The van der Waals surface area contributed by atoms with E-state index in [0.717, 1.165) is 4.90 Å². The van der Waals surface area contributed by atoms with Crippen molar-refractivity contribution in [2.24, 2.45) is 0 Å². The first-order valence-corrected chi connectivity index (χ1v) is 5.59. The van der Waals surface area contributed by atoms with Crippen molar-refractivity contribution in [1.82, 2.24) is 4.90 Å². The smallest absolute Gasteiger partial charge is 0.416 e. The number of hydrogen-bond acceptors (Lipinski definition) is 3. The molecule has 0 aromatic heterocycles. The summed E-state index contributed by atoms with van der Waals surface area (Å²) in [5, 5.41) is 8.98. The minimum absolute atomic E-state index is 0.503. The molecule has 0 bridgehead atoms. The van der Waals surface area contributed by atoms with Gasteiger partial charge in [0.05, 0.1) is 6.54 Å². The Labute approximate surface area is 105 Å². The summed E-state index contributed by atoms with van der Waals surface area (Å²) in [6.45, 7) is 7.10. The summed E-state index contributed by atoms with van der Waals surface area (Å²) in [4.78, 5) is 12.5. The van der Waals surface area contributed by atoms with E-state index in [2.05, 4.69) is 0 Å². The first-order chi connectivity index (χ1) is 7.84. The molecule has 1 N–H and O–H groups in total. The molecule has 0 radical (unpaired) electrons. The largest absolute Gasteiger partial charge is 0.444 e. The van der Waals surface area contributed by atoms with E-state index in [-0.39, 0.29) is 0 Å². The van der Waals surface area contributed by atoms with Gasteiger partial charge in [-0.05, 0) is 34.6 Å². The molecular weight excluding hydrogens is 251 g/mol. The highest BCUT2D eigenvalue weighted by molar-refractivity contribution is 5.68. The van der Waals surface area contributed by atoms with E-state index in [9.17, 15) is 18.0 Å². The molecule has 1 amide bonds. The van der Waals surface area contributed by atoms with Crippen LogP contribution in [0.2, 0.25) is 0 Å². The predicted molar refractivity (Wildman–Crippen MR) is 60.1 cm³/mol. The van der Waals surface area contributed by atoms with Crippen LogP contribution in [0, 0.1) is 0 Å². The maximum Gasteiger partial charge on any atom is 0.416 e. The highest BCUT2D eigenvalue weighted by Crippen LogP contribution is 2.22. The third kappa shape index (κ3) is 6.09. The number of rotatable bonds is 3. The Kier molecular flexibility index (Phi) is 5.46. The van der Waals surface area contributed by atoms with Crippen LogP contribution in [0.1, 0.15) is 34.6 Å². The van der Waals surface area contributed by atoms with E-state index in [1.807, 2.05) is 0 Å². The van der Waals surface area contributed by atoms with Gasteiger partial charge in [0.2, 0.25) is 0 Å². The first-order valence-electron chi connectivity index (χ1n) is 5.59. The van der Waals surface area contributed by atoms with Crippen LogP contribution in [0.4, 0.5) is 18.0 Å². The fourth-order valence-electron chi connectivity index (χ4n) is 1.11. The molecule has 0 rings (SSSR count). The number of amides is 1. The van der Waals surface area contributed by atoms with Gasteiger partial charge in [-0.1, -0.05) is 0 Å². The van der Waals surface area contributed by atoms with Gasteiger partial charge in [-0.2, -0.15) is 13.2 Å². The molecule has 0 spiro atoms. The van der Waals surface area contributed by atoms with Crippen LogP contribution in [-0.4, -0.2) is 46.6 Å². The average molecular weight is 271 g/mol. The van der Waals surface area contributed by atoms with E-state index < -0.39 is 36.6 Å². The van der Waals surface area contributed by atoms with Crippen molar-refractivity contribution in [3.8, 4) is 0 Å². The van der Waals surface area contributed by atoms with Crippen molar-refractivity contribution >= 4 is 6.09 Å². The predicted octanol–water partition coefficient (Wildman–Crippen LogP) is 2.56. The number of nitrogens with zero attached hydrogens (tertiary/aromatic N) is 1. The van der Waals surface area contributed by atoms with E-state index >= 15 is 0 Å². The van der Waals surface area contributed by atoms with E-state index in [1.54, 1.807) is 34.6 Å². The molecule has 0 saturated heterocycles. The van der Waals surface area contributed by atoms with Crippen LogP contribution in [0.3, 0.4) is 0 Å². The summed E-state index contributed by atoms with van der Waals surface area (Å²) in [5.74, 6) is 0. The Morgan fingerprint density at radius 3 is 2.00 bits per heavy atom. The van der Waals surface area contributed by atoms with Crippen LogP contribution in [-0.2, 0) is 4.74 Å². The number of hydrogen-bond donors (Lipinski definition) is 1. The van der Waals surface area contributed by atoms with Crippen molar-refractivity contribution in [3.63, 3.8) is 0 Å². The second-order valence-electron chi connectivity index (χ2n) is 5.28. The summed E-state index contributed by atoms with van der Waals surface area (Å²) in [6.07, 6.45) is -8.21. The van der Waals surface area contributed by atoms with E-state index in [4.69, 9.17) is 9.84 Å². The molecular formula is C11H20F3NO3. The molecule has 0 aromatic rings. The van der Waals surface area contributed by atoms with E-state index in [1.165, 1.54) is 0 Å². The molecule has 0 unspecified atom stereocenters. The standard InChI is InChI=1S/C11H20F3NO3/c1-7(2)15(6-8(16)11(12,13)14)9(17)18-10(3,4)5/h7-8,16H,6H2,1-5H3/t8-/m1/s1. The Balaban J connectivity index is 4.74. The minimum Gasteiger partial charge on any atom is -0.444 e. The fraction of sp³-hybridized carbons (Fsp3) is 0.909. The van der Waals surface area contributed by atoms with Crippen LogP contribution >= 0.6 is 0 Å². The van der Waals surface area contributed by atoms with Gasteiger partial charge >= 0.3 is 12.3 Å². The van der Waals surface area contributed by atoms with Crippen molar-refractivity contribution < 1.29 is 27.8 Å². The highest BCUT2D eigenvalue weighted by Gasteiger charge is 2.41. The van der Waals surface area contributed by atoms with E-state index in [0.29, 0.717) is 0 Å². The zero-order chi connectivity index (χ0) is 14.7. The van der Waals surface area contributed by atoms with Gasteiger partial charge in [0.25, 0.3) is 0 Å². The molecule has 108 valence electrons. The Morgan fingerprint density at radius 1 is 1.28 bits per heavy atom. The van der Waals surface area contributed by atoms with Gasteiger partial charge in [-0.15, -0.1) is 0 Å². The molecule has 0 aliphatic heterocycles. The average Bonchev–Trinajstić information content (AvgIpc) is 2.07. The Hall–Kier alpha value is -0.980. The molecule has 18 heavy (non-hydrogen) atoms. The van der Waals surface area contributed by atoms with Gasteiger partial charge in [0.1, 0.15) is 5.60 Å². The molecule has 0 aromatic carbocycles. The number of halogens is 3. The van der Waals surface area contributed by atoms with Crippen molar-refractivity contribution in [1.29, 1.82) is 0 Å². The summed E-state index contributed by atoms with van der Waals surface area (Å²) in [7, 11) is 0. The summed E-state index contributed by atoms with van der Waals surface area (Å²) in [6, 6.07) is -0.503. The lowest BCUT2D eigenvalue weighted by molar-refractivity contribution is -0.207. The summed E-state index contributed by atoms with van der Waals surface area (Å²) in [5.41, 5.74) is -0.798. The van der Waals surface area contributed by atoms with Gasteiger partial charge in [-0.3, -0.25) is 0 Å². The van der Waals surface area contributed by atoms with Gasteiger partial charge < -0.3 is 14.7 Å². The summed E-state index contributed by atoms with van der Waals surface area (Å²) < 4.78 is 41.7. The fourth-order valence-corrected chi connectivity index (χ4v) is 1.11. The Bertz CT molecular complexity index is 284. The monoisotopic (exact) mass is 271 g/mol. The quantitative estimate of drug-likeness (QED) is 0.858. The zero-order valence-electron chi connectivity index (χ0n) is 11.2. The van der Waals surface area contributed by atoms with Crippen molar-refractivity contribution in [2.45, 2.75) is 58.5 Å². The molecule has 0 aliphatic rings. The van der Waals surface area contributed by atoms with Crippen molar-refractivity contribution in [2.75, 3.05) is 6.54 Å². The molecule has 7 heteroatoms. The normalized spacial score (nSPS) is 14.6. The topological polar surface area (TPSA) is 49.8 Å². The van der Waals surface area contributed by atoms with Gasteiger partial charge in [-0.25, -0.2) is 4.79 Å². The molecule has 4 nitrogen and oxygen atoms in total. The maximum absolute atomic E-state index is 12.2. The number of carbonyl (C=O) groups is 1. The number of ether oxygens (including phenoxy) is 1. The molecule has 0 fully saturated rings. The molecule has 0 heterocycles. The third-order valence-corrected chi connectivity index (χ3v) is 2.00. The Morgan fingerprint density at radius 2 is 1.72 bits per heavy atom. The van der Waals surface area contributed by atoms with Gasteiger partial charge in [0.15, 0.2) is 6.10 Å². The lowest BCUT2D eigenvalue weighted by atomic mass is 10.2. The van der Waals surface area contributed by atoms with Crippen LogP contribution in [0.25, 0.3) is 0 Å². The maximum atomic E-state index is 12.2. The number of aliphatic hydroxyl groups is 1. The van der Waals surface area contributed by atoms with Gasteiger partial charge in [0, 0.05) is 6.04 Å². The lowest BCUT2D eigenvalue weighted by Gasteiger charge is -2.31. The van der Waals surface area contributed by atoms with Crippen LogP contribution < -0.4 is 0 Å². The second kappa shape index (κ2) is 5.77. The molecule has 0 saturated carbocycles. The minimum atomic E-state index is -4.75. The highest BCUT2D eigenvalue weighted by atomic mass is 19.4. The number of carbonyl (C=O) groups excluding carboxylic acids is 1. The number of alkyl halides is 3. The first kappa shape index (κ1) is 17.0. The van der Waals surface area contributed by atoms with Crippen LogP contribution in [0.15, 0.2) is 0 Å². The summed E-state index contributed by atoms with van der Waals surface area (Å²) >= 11 is 0. The SMILES string of the molecule is CC(C)N(C[C@@H](O)C(F)(F)F)C(=O)OC(C)(C)C. The number of aliphatic hydroxyl groups excluding tert-OH is 1. The zero-order valence-corrected chi connectivity index (χ0v) is 11.2. The van der Waals surface area contributed by atoms with Crippen molar-refractivity contribution in [3.05, 3.63) is 0 Å². The lowest BCUT2D eigenvalue weighted by Crippen LogP contribution is -2.48. The second-order valence-corrected chi connectivity index (χ2v) is 5.28. The molecule has 1 atom stereocenters. The third-order valence-electron chi connectivity index (χ3n) is 2.00.